The summed E-state index contributed by atoms with van der Waals surface area (Å²) >= 11 is 0. The maximum atomic E-state index is 4.08. The molecule has 0 bridgehead atoms. The maximum absolute atomic E-state index is 4.08. The summed E-state index contributed by atoms with van der Waals surface area (Å²) in [5.41, 5.74) is 2.17. The van der Waals surface area contributed by atoms with Gasteiger partial charge in [-0.1, -0.05) is 17.3 Å². The Bertz CT molecular complexity index is 549. The minimum absolute atomic E-state index is 0.502. The van der Waals surface area contributed by atoms with Crippen molar-refractivity contribution in [2.75, 3.05) is 18.4 Å². The van der Waals surface area contributed by atoms with Gasteiger partial charge in [-0.25, -0.2) is 4.68 Å². The molecule has 1 aromatic heterocycles. The Morgan fingerprint density at radius 2 is 2.15 bits per heavy atom. The van der Waals surface area contributed by atoms with Crippen LogP contribution >= 0.6 is 0 Å². The Balaban J connectivity index is 1.76. The molecule has 0 radical (unpaired) electrons. The van der Waals surface area contributed by atoms with E-state index in [0.717, 1.165) is 17.9 Å². The molecule has 20 heavy (non-hydrogen) atoms. The van der Waals surface area contributed by atoms with Crippen LogP contribution in [-0.2, 0) is 0 Å². The highest BCUT2D eigenvalue weighted by Crippen LogP contribution is 2.23. The lowest BCUT2D eigenvalue weighted by Gasteiger charge is -2.21. The molecule has 1 aliphatic rings. The van der Waals surface area contributed by atoms with Crippen molar-refractivity contribution >= 4 is 5.69 Å². The first-order valence-corrected chi connectivity index (χ1v) is 7.20. The fourth-order valence-corrected chi connectivity index (χ4v) is 2.73. The third-order valence-electron chi connectivity index (χ3n) is 3.88. The van der Waals surface area contributed by atoms with Crippen molar-refractivity contribution in [3.05, 3.63) is 36.7 Å². The van der Waals surface area contributed by atoms with E-state index in [4.69, 9.17) is 0 Å². The van der Waals surface area contributed by atoms with Crippen molar-refractivity contribution in [3.63, 3.8) is 0 Å². The first kappa shape index (κ1) is 13.1. The summed E-state index contributed by atoms with van der Waals surface area (Å²) in [6, 6.07) is 9.37. The molecule has 1 aliphatic heterocycles. The molecule has 1 atom stereocenters. The van der Waals surface area contributed by atoms with Gasteiger partial charge in [0.1, 0.15) is 0 Å². The molecule has 1 unspecified atom stereocenters. The Labute approximate surface area is 119 Å². The highest BCUT2D eigenvalue weighted by molar-refractivity contribution is 5.61. The van der Waals surface area contributed by atoms with E-state index in [1.54, 1.807) is 10.9 Å². The lowest BCUT2D eigenvalue weighted by atomic mass is 10.2. The average Bonchev–Trinajstić information content (AvgIpc) is 3.10. The molecular formula is C15H21N5. The Hall–Kier alpha value is -1.88. The zero-order chi connectivity index (χ0) is 13.9. The maximum Gasteiger partial charge on any atom is 0.0894 e. The monoisotopic (exact) mass is 271 g/mol. The molecule has 0 amide bonds. The van der Waals surface area contributed by atoms with Crippen LogP contribution in [0, 0.1) is 0 Å². The zero-order valence-electron chi connectivity index (χ0n) is 12.0. The lowest BCUT2D eigenvalue weighted by molar-refractivity contribution is 0.274. The van der Waals surface area contributed by atoms with E-state index in [2.05, 4.69) is 52.6 Å². The van der Waals surface area contributed by atoms with Gasteiger partial charge >= 0.3 is 0 Å². The minimum atomic E-state index is 0.502. The fraction of sp³-hybridized carbons (Fsp3) is 0.467. The van der Waals surface area contributed by atoms with Crippen LogP contribution < -0.4 is 5.32 Å². The Morgan fingerprint density at radius 1 is 1.30 bits per heavy atom. The van der Waals surface area contributed by atoms with Gasteiger partial charge in [-0.05, 0) is 32.4 Å². The topological polar surface area (TPSA) is 46.0 Å². The largest absolute Gasteiger partial charge is 0.379 e. The second-order valence-electron chi connectivity index (χ2n) is 5.58. The van der Waals surface area contributed by atoms with E-state index < -0.39 is 0 Å². The number of hydrogen-bond donors (Lipinski definition) is 1. The zero-order valence-corrected chi connectivity index (χ0v) is 12.0. The van der Waals surface area contributed by atoms with Gasteiger partial charge in [0, 0.05) is 25.2 Å². The van der Waals surface area contributed by atoms with Crippen LogP contribution in [0.4, 0.5) is 5.69 Å². The number of benzene rings is 1. The number of nitrogens with zero attached hydrogens (tertiary/aromatic N) is 4. The molecule has 3 rings (SSSR count). The Kier molecular flexibility index (Phi) is 3.69. The molecule has 0 aliphatic carbocycles. The van der Waals surface area contributed by atoms with E-state index in [0.29, 0.717) is 12.1 Å². The first-order valence-electron chi connectivity index (χ1n) is 7.20. The Morgan fingerprint density at radius 3 is 2.85 bits per heavy atom. The fourth-order valence-electron chi connectivity index (χ4n) is 2.73. The summed E-state index contributed by atoms with van der Waals surface area (Å²) in [4.78, 5) is 2.51. The van der Waals surface area contributed by atoms with Crippen LogP contribution in [0.3, 0.4) is 0 Å². The number of hydrogen-bond acceptors (Lipinski definition) is 4. The number of rotatable bonds is 4. The summed E-state index contributed by atoms with van der Waals surface area (Å²) in [7, 11) is 0. The number of para-hydroxylation sites is 2. The molecule has 5 heteroatoms. The second kappa shape index (κ2) is 5.63. The molecule has 1 aromatic carbocycles. The van der Waals surface area contributed by atoms with Gasteiger partial charge in [0.2, 0.25) is 0 Å². The van der Waals surface area contributed by atoms with Crippen molar-refractivity contribution in [3.8, 4) is 5.69 Å². The van der Waals surface area contributed by atoms with Crippen molar-refractivity contribution in [2.45, 2.75) is 32.4 Å². The van der Waals surface area contributed by atoms with Gasteiger partial charge in [-0.2, -0.15) is 0 Å². The second-order valence-corrected chi connectivity index (χ2v) is 5.58. The van der Waals surface area contributed by atoms with Gasteiger partial charge in [-0.15, -0.1) is 5.10 Å². The van der Waals surface area contributed by atoms with Gasteiger partial charge in [-0.3, -0.25) is 4.90 Å². The summed E-state index contributed by atoms with van der Waals surface area (Å²) in [5.74, 6) is 0. The quantitative estimate of drug-likeness (QED) is 0.925. The van der Waals surface area contributed by atoms with Gasteiger partial charge in [0.05, 0.1) is 23.8 Å². The molecule has 2 aromatic rings. The summed E-state index contributed by atoms with van der Waals surface area (Å²) in [5, 5.41) is 11.6. The molecule has 106 valence electrons. The van der Waals surface area contributed by atoms with Gasteiger partial charge in [0.15, 0.2) is 0 Å². The van der Waals surface area contributed by atoms with Crippen molar-refractivity contribution < 1.29 is 0 Å². The highest BCUT2D eigenvalue weighted by Gasteiger charge is 2.24. The number of aromatic nitrogens is 3. The van der Waals surface area contributed by atoms with Gasteiger partial charge in [0.25, 0.3) is 0 Å². The number of anilines is 1. The van der Waals surface area contributed by atoms with Crippen LogP contribution in [0.25, 0.3) is 5.69 Å². The van der Waals surface area contributed by atoms with E-state index in [-0.39, 0.29) is 0 Å². The smallest absolute Gasteiger partial charge is 0.0894 e. The predicted molar refractivity (Wildman–Crippen MR) is 80.1 cm³/mol. The molecule has 1 saturated heterocycles. The van der Waals surface area contributed by atoms with E-state index in [9.17, 15) is 0 Å². The van der Waals surface area contributed by atoms with Crippen LogP contribution in [-0.4, -0.2) is 45.1 Å². The van der Waals surface area contributed by atoms with Crippen molar-refractivity contribution in [1.82, 2.24) is 19.9 Å². The highest BCUT2D eigenvalue weighted by atomic mass is 15.4. The SMILES string of the molecule is CC(C)N1CCC(Nc2ccccc2-n2ccnn2)C1. The van der Waals surface area contributed by atoms with Crippen molar-refractivity contribution in [1.29, 1.82) is 0 Å². The molecule has 2 heterocycles. The van der Waals surface area contributed by atoms with E-state index in [1.807, 2.05) is 12.3 Å². The van der Waals surface area contributed by atoms with E-state index in [1.165, 1.54) is 13.0 Å². The number of nitrogens with one attached hydrogen (secondary N) is 1. The normalized spacial score (nSPS) is 19.6. The van der Waals surface area contributed by atoms with Crippen molar-refractivity contribution in [2.24, 2.45) is 0 Å². The molecular weight excluding hydrogens is 250 g/mol. The minimum Gasteiger partial charge on any atom is -0.379 e. The first-order chi connectivity index (χ1) is 9.74. The molecule has 0 spiro atoms. The van der Waals surface area contributed by atoms with Crippen LogP contribution in [0.15, 0.2) is 36.7 Å². The lowest BCUT2D eigenvalue weighted by Crippen LogP contribution is -2.31. The van der Waals surface area contributed by atoms with E-state index >= 15 is 0 Å². The molecule has 5 nitrogen and oxygen atoms in total. The summed E-state index contributed by atoms with van der Waals surface area (Å²) < 4.78 is 1.80. The third-order valence-corrected chi connectivity index (χ3v) is 3.88. The molecule has 1 N–H and O–H groups in total. The molecule has 1 fully saturated rings. The molecule has 0 saturated carbocycles. The standard InChI is InChI=1S/C15H21N5/c1-12(2)19-9-7-13(11-19)17-14-5-3-4-6-15(14)20-10-8-16-18-20/h3-6,8,10,12-13,17H,7,9,11H2,1-2H3. The predicted octanol–water partition coefficient (Wildman–Crippen LogP) is 2.16. The third kappa shape index (κ3) is 2.67. The summed E-state index contributed by atoms with van der Waals surface area (Å²) in [6.45, 7) is 6.78. The van der Waals surface area contributed by atoms with Crippen LogP contribution in [0.5, 0.6) is 0 Å². The summed E-state index contributed by atoms with van der Waals surface area (Å²) in [6.07, 6.45) is 4.76. The number of likely N-dealkylation sites (tertiary alicyclic amines) is 1. The van der Waals surface area contributed by atoms with Crippen LogP contribution in [0.1, 0.15) is 20.3 Å². The van der Waals surface area contributed by atoms with Gasteiger partial charge < -0.3 is 5.32 Å². The average molecular weight is 271 g/mol. The van der Waals surface area contributed by atoms with Crippen LogP contribution in [0.2, 0.25) is 0 Å².